The van der Waals surface area contributed by atoms with Gasteiger partial charge < -0.3 is 20.1 Å². The Balaban J connectivity index is 1.60. The number of aryl methyl sites for hydroxylation is 2. The Hall–Kier alpha value is -4.44. The normalized spacial score (nSPS) is 10.6. The van der Waals surface area contributed by atoms with E-state index < -0.39 is 30.1 Å². The molecule has 9 nitrogen and oxygen atoms in total. The minimum atomic E-state index is -0.960. The number of para-hydroxylation sites is 2. The average Bonchev–Trinajstić information content (AvgIpc) is 2.86. The molecule has 37 heavy (non-hydrogen) atoms. The van der Waals surface area contributed by atoms with Crippen molar-refractivity contribution in [3.8, 4) is 11.5 Å². The number of hydrazone groups is 1. The van der Waals surface area contributed by atoms with E-state index in [0.29, 0.717) is 11.3 Å². The summed E-state index contributed by atoms with van der Waals surface area (Å²) in [5, 5.41) is 8.85. The second-order valence-electron chi connectivity index (χ2n) is 7.77. The molecule has 0 fully saturated rings. The number of carbonyl (C=O) groups is 3. The summed E-state index contributed by atoms with van der Waals surface area (Å²) < 4.78 is 24.5. The van der Waals surface area contributed by atoms with Crippen LogP contribution in [0.1, 0.15) is 16.7 Å². The van der Waals surface area contributed by atoms with Crippen LogP contribution in [0.25, 0.3) is 0 Å². The van der Waals surface area contributed by atoms with Gasteiger partial charge in [-0.2, -0.15) is 5.10 Å². The first-order valence-corrected chi connectivity index (χ1v) is 11.3. The lowest BCUT2D eigenvalue weighted by Crippen LogP contribution is -2.32. The van der Waals surface area contributed by atoms with Gasteiger partial charge in [-0.25, -0.2) is 9.82 Å². The number of methoxy groups -OCH3 is 1. The van der Waals surface area contributed by atoms with E-state index >= 15 is 0 Å². The first-order valence-electron chi connectivity index (χ1n) is 10.9. The standard InChI is InChI=1S/C26H24ClFN4O5/c1-15-7-6-8-16(2)23(15)31-25(34)26(35)32-29-13-17-11-18(27)24(21(12-17)36-3)37-14-22(33)30-20-10-5-4-9-19(20)28/h4-13H,14H2,1-3H3,(H,30,33)(H,31,34)(H,32,35)/b29-13-. The summed E-state index contributed by atoms with van der Waals surface area (Å²) in [4.78, 5) is 36.5. The number of hydrogen-bond acceptors (Lipinski definition) is 6. The van der Waals surface area contributed by atoms with Gasteiger partial charge in [0.1, 0.15) is 5.82 Å². The fourth-order valence-electron chi connectivity index (χ4n) is 3.24. The van der Waals surface area contributed by atoms with Crippen molar-refractivity contribution in [1.29, 1.82) is 0 Å². The van der Waals surface area contributed by atoms with Crippen molar-refractivity contribution >= 4 is 46.9 Å². The molecule has 0 aliphatic rings. The number of nitrogens with one attached hydrogen (secondary N) is 3. The number of hydrogen-bond donors (Lipinski definition) is 3. The van der Waals surface area contributed by atoms with Gasteiger partial charge in [-0.1, -0.05) is 41.9 Å². The molecule has 3 aromatic rings. The van der Waals surface area contributed by atoms with Crippen molar-refractivity contribution in [2.45, 2.75) is 13.8 Å². The molecule has 0 radical (unpaired) electrons. The van der Waals surface area contributed by atoms with E-state index in [-0.39, 0.29) is 22.2 Å². The van der Waals surface area contributed by atoms with Crippen molar-refractivity contribution in [1.82, 2.24) is 5.43 Å². The predicted octanol–water partition coefficient (Wildman–Crippen LogP) is 4.21. The quantitative estimate of drug-likeness (QED) is 0.231. The summed E-state index contributed by atoms with van der Waals surface area (Å²) in [6.45, 7) is 3.18. The number of halogens is 2. The van der Waals surface area contributed by atoms with E-state index in [2.05, 4.69) is 21.2 Å². The maximum absolute atomic E-state index is 13.7. The number of carbonyl (C=O) groups excluding carboxylic acids is 3. The Kier molecular flexibility index (Phi) is 9.17. The Labute approximate surface area is 217 Å². The third kappa shape index (κ3) is 7.28. The largest absolute Gasteiger partial charge is 0.493 e. The van der Waals surface area contributed by atoms with Crippen LogP contribution in [0, 0.1) is 19.7 Å². The lowest BCUT2D eigenvalue weighted by molar-refractivity contribution is -0.136. The maximum atomic E-state index is 13.7. The second-order valence-corrected chi connectivity index (χ2v) is 8.18. The number of nitrogens with zero attached hydrogens (tertiary/aromatic N) is 1. The highest BCUT2D eigenvalue weighted by Gasteiger charge is 2.16. The second kappa shape index (κ2) is 12.5. The summed E-state index contributed by atoms with van der Waals surface area (Å²) in [6.07, 6.45) is 1.26. The van der Waals surface area contributed by atoms with Crippen molar-refractivity contribution < 1.29 is 28.2 Å². The van der Waals surface area contributed by atoms with E-state index in [1.165, 1.54) is 43.7 Å². The van der Waals surface area contributed by atoms with E-state index in [4.69, 9.17) is 21.1 Å². The van der Waals surface area contributed by atoms with Crippen LogP contribution in [0.15, 0.2) is 59.7 Å². The summed E-state index contributed by atoms with van der Waals surface area (Å²) in [6, 6.07) is 14.2. The molecule has 3 aromatic carbocycles. The SMILES string of the molecule is COc1cc(/C=N\NC(=O)C(=O)Nc2c(C)cccc2C)cc(Cl)c1OCC(=O)Nc1ccccc1F. The molecule has 0 aliphatic carbocycles. The molecule has 0 saturated carbocycles. The molecule has 0 aromatic heterocycles. The Morgan fingerprint density at radius 1 is 1.00 bits per heavy atom. The molecule has 0 spiro atoms. The molecule has 3 rings (SSSR count). The first kappa shape index (κ1) is 27.2. The van der Waals surface area contributed by atoms with Gasteiger partial charge in [-0.15, -0.1) is 0 Å². The lowest BCUT2D eigenvalue weighted by Gasteiger charge is -2.13. The molecule has 3 amide bonds. The summed E-state index contributed by atoms with van der Waals surface area (Å²) >= 11 is 6.28. The van der Waals surface area contributed by atoms with E-state index in [9.17, 15) is 18.8 Å². The number of anilines is 2. The summed E-state index contributed by atoms with van der Waals surface area (Å²) in [7, 11) is 1.37. The molecular formula is C26H24ClFN4O5. The number of benzene rings is 3. The molecule has 0 aliphatic heterocycles. The minimum Gasteiger partial charge on any atom is -0.493 e. The molecule has 3 N–H and O–H groups in total. The molecule has 0 saturated heterocycles. The van der Waals surface area contributed by atoms with Crippen molar-refractivity contribution in [2.24, 2.45) is 5.10 Å². The molecule has 0 atom stereocenters. The Morgan fingerprint density at radius 3 is 2.38 bits per heavy atom. The zero-order valence-corrected chi connectivity index (χ0v) is 21.0. The molecule has 192 valence electrons. The monoisotopic (exact) mass is 526 g/mol. The Bertz CT molecular complexity index is 1340. The van der Waals surface area contributed by atoms with Crippen LogP contribution < -0.4 is 25.5 Å². The highest BCUT2D eigenvalue weighted by Crippen LogP contribution is 2.36. The highest BCUT2D eigenvalue weighted by atomic mass is 35.5. The third-order valence-corrected chi connectivity index (χ3v) is 5.33. The van der Waals surface area contributed by atoms with Gasteiger partial charge in [0.05, 0.1) is 24.0 Å². The number of ether oxygens (including phenoxy) is 2. The van der Waals surface area contributed by atoms with Gasteiger partial charge in [0, 0.05) is 5.69 Å². The highest BCUT2D eigenvalue weighted by molar-refractivity contribution is 6.39. The molecule has 0 bridgehead atoms. The maximum Gasteiger partial charge on any atom is 0.329 e. The van der Waals surface area contributed by atoms with Crippen LogP contribution in [0.3, 0.4) is 0 Å². The summed E-state index contributed by atoms with van der Waals surface area (Å²) in [5.41, 5.74) is 4.78. The van der Waals surface area contributed by atoms with Gasteiger partial charge in [-0.05, 0) is 54.8 Å². The third-order valence-electron chi connectivity index (χ3n) is 5.05. The fourth-order valence-corrected chi connectivity index (χ4v) is 3.51. The zero-order chi connectivity index (χ0) is 26.9. The lowest BCUT2D eigenvalue weighted by atomic mass is 10.1. The van der Waals surface area contributed by atoms with E-state index in [0.717, 1.165) is 11.1 Å². The van der Waals surface area contributed by atoms with Gasteiger partial charge >= 0.3 is 11.8 Å². The topological polar surface area (TPSA) is 118 Å². The summed E-state index contributed by atoms with van der Waals surface area (Å²) in [5.74, 6) is -2.74. The molecule has 0 heterocycles. The minimum absolute atomic E-state index is 0.0190. The van der Waals surface area contributed by atoms with Crippen molar-refractivity contribution in [2.75, 3.05) is 24.4 Å². The van der Waals surface area contributed by atoms with Crippen LogP contribution in [0.2, 0.25) is 5.02 Å². The van der Waals surface area contributed by atoms with Gasteiger partial charge in [0.15, 0.2) is 18.1 Å². The molecule has 11 heteroatoms. The van der Waals surface area contributed by atoms with Crippen LogP contribution in [0.4, 0.5) is 15.8 Å². The zero-order valence-electron chi connectivity index (χ0n) is 20.2. The van der Waals surface area contributed by atoms with Crippen LogP contribution in [-0.4, -0.2) is 37.7 Å². The molecular weight excluding hydrogens is 503 g/mol. The van der Waals surface area contributed by atoms with Crippen LogP contribution >= 0.6 is 11.6 Å². The van der Waals surface area contributed by atoms with Crippen molar-refractivity contribution in [3.63, 3.8) is 0 Å². The van der Waals surface area contributed by atoms with Crippen LogP contribution in [0.5, 0.6) is 11.5 Å². The van der Waals surface area contributed by atoms with Gasteiger partial charge in [-0.3, -0.25) is 14.4 Å². The van der Waals surface area contributed by atoms with E-state index in [1.807, 2.05) is 32.0 Å². The smallest absolute Gasteiger partial charge is 0.329 e. The average molecular weight is 527 g/mol. The first-order chi connectivity index (χ1) is 17.7. The number of rotatable bonds is 8. The van der Waals surface area contributed by atoms with Crippen molar-refractivity contribution in [3.05, 3.63) is 82.1 Å². The predicted molar refractivity (Wildman–Crippen MR) is 139 cm³/mol. The molecule has 0 unspecified atom stereocenters. The Morgan fingerprint density at radius 2 is 1.70 bits per heavy atom. The van der Waals surface area contributed by atoms with E-state index in [1.54, 1.807) is 6.07 Å². The fraction of sp³-hybridized carbons (Fsp3) is 0.154. The van der Waals surface area contributed by atoms with Crippen LogP contribution in [-0.2, 0) is 14.4 Å². The van der Waals surface area contributed by atoms with Gasteiger partial charge in [0.25, 0.3) is 5.91 Å². The van der Waals surface area contributed by atoms with Gasteiger partial charge in [0.2, 0.25) is 0 Å². The number of amides is 3.